The van der Waals surface area contributed by atoms with Crippen molar-refractivity contribution in [2.45, 2.75) is 39.8 Å². The molecule has 162 valence electrons. The minimum absolute atomic E-state index is 0. The van der Waals surface area contributed by atoms with Gasteiger partial charge in [-0.25, -0.2) is 4.98 Å². The number of nitrogens with one attached hydrogen (secondary N) is 3. The van der Waals surface area contributed by atoms with Gasteiger partial charge in [-0.05, 0) is 57.0 Å². The average Bonchev–Trinajstić information content (AvgIpc) is 2.70. The van der Waals surface area contributed by atoms with Crippen LogP contribution in [0.15, 0.2) is 47.7 Å². The van der Waals surface area contributed by atoms with E-state index in [1.807, 2.05) is 68.6 Å². The number of aryl methyl sites for hydroxylation is 1. The number of carbonyl (C=O) groups excluding carboxylic acids is 1. The Balaban J connectivity index is 0.00000363. The van der Waals surface area contributed by atoms with Crippen molar-refractivity contribution in [3.05, 3.63) is 72.2 Å². The van der Waals surface area contributed by atoms with E-state index in [9.17, 15) is 4.79 Å². The van der Waals surface area contributed by atoms with Gasteiger partial charge in [0.2, 0.25) is 0 Å². The van der Waals surface area contributed by atoms with Crippen molar-refractivity contribution in [2.75, 3.05) is 17.7 Å². The summed E-state index contributed by atoms with van der Waals surface area (Å²) >= 11 is 0. The molecule has 1 unspecified atom stereocenters. The number of aromatic nitrogens is 1. The molecule has 1 aromatic carbocycles. The Morgan fingerprint density at radius 3 is 2.69 bits per heavy atom. The van der Waals surface area contributed by atoms with Crippen LogP contribution in [0.4, 0.5) is 11.5 Å². The van der Waals surface area contributed by atoms with E-state index in [4.69, 9.17) is 0 Å². The fourth-order valence-electron chi connectivity index (χ4n) is 3.04. The second kappa shape index (κ2) is 12.3. The third-order valence-electron chi connectivity index (χ3n) is 4.66. The summed E-state index contributed by atoms with van der Waals surface area (Å²) < 4.78 is 1.94. The predicted molar refractivity (Wildman–Crippen MR) is 125 cm³/mol. The molecule has 1 amide bonds. The SMILES string of the molecule is Cc1cc(C(=O)Nc2cccc(C(C)N[C-]=CN=C3C=[N+](C)[CH-]3)c2)cnc1NC(C)C.[K+]. The summed E-state index contributed by atoms with van der Waals surface area (Å²) in [6.07, 6.45) is 8.13. The predicted octanol–water partition coefficient (Wildman–Crippen LogP) is 0.721. The number of pyridine rings is 1. The minimum atomic E-state index is -0.190. The molecule has 1 aromatic heterocycles. The van der Waals surface area contributed by atoms with Gasteiger partial charge in [-0.1, -0.05) is 12.1 Å². The van der Waals surface area contributed by atoms with Crippen molar-refractivity contribution in [3.63, 3.8) is 0 Å². The summed E-state index contributed by atoms with van der Waals surface area (Å²) in [5, 5.41) is 9.40. The third-order valence-corrected chi connectivity index (χ3v) is 4.66. The number of aliphatic imine (C=N–C) groups is 1. The van der Waals surface area contributed by atoms with Crippen LogP contribution in [-0.4, -0.2) is 40.5 Å². The van der Waals surface area contributed by atoms with Crippen LogP contribution >= 0.6 is 0 Å². The van der Waals surface area contributed by atoms with Crippen molar-refractivity contribution in [1.82, 2.24) is 10.3 Å². The van der Waals surface area contributed by atoms with Crippen LogP contribution in [0.1, 0.15) is 48.3 Å². The fraction of sp³-hybridized carbons (Fsp3) is 0.292. The molecule has 0 saturated heterocycles. The molecule has 1 atom stereocenters. The Bertz CT molecular complexity index is 1040. The Kier molecular flexibility index (Phi) is 10.1. The van der Waals surface area contributed by atoms with Crippen LogP contribution < -0.4 is 67.3 Å². The van der Waals surface area contributed by atoms with Crippen LogP contribution in [0, 0.1) is 19.7 Å². The molecule has 7 nitrogen and oxygen atoms in total. The molecule has 2 heterocycles. The third kappa shape index (κ3) is 7.56. The van der Waals surface area contributed by atoms with Gasteiger partial charge in [-0.3, -0.25) is 4.79 Å². The molecular weight excluding hydrogens is 427 g/mol. The molecule has 0 saturated carbocycles. The van der Waals surface area contributed by atoms with Gasteiger partial charge in [0.05, 0.1) is 24.0 Å². The first-order valence-corrected chi connectivity index (χ1v) is 10.3. The van der Waals surface area contributed by atoms with Gasteiger partial charge in [-0.15, -0.1) is 6.20 Å². The van der Waals surface area contributed by atoms with Crippen molar-refractivity contribution in [2.24, 2.45) is 4.99 Å². The molecule has 0 fully saturated rings. The zero-order chi connectivity index (χ0) is 22.4. The van der Waals surface area contributed by atoms with E-state index in [-0.39, 0.29) is 69.4 Å². The number of hydrogen-bond donors (Lipinski definition) is 3. The van der Waals surface area contributed by atoms with Gasteiger partial charge in [0, 0.05) is 24.0 Å². The normalized spacial score (nSPS) is 14.8. The zero-order valence-corrected chi connectivity index (χ0v) is 22.7. The molecule has 2 aromatic rings. The Hall–Kier alpha value is -1.97. The average molecular weight is 457 g/mol. The molecule has 8 heteroatoms. The van der Waals surface area contributed by atoms with Crippen molar-refractivity contribution in [3.8, 4) is 0 Å². The van der Waals surface area contributed by atoms with Gasteiger partial charge < -0.3 is 31.7 Å². The topological polar surface area (TPSA) is 81.4 Å². The Morgan fingerprint density at radius 2 is 2.03 bits per heavy atom. The second-order valence-electron chi connectivity index (χ2n) is 7.89. The van der Waals surface area contributed by atoms with Crippen molar-refractivity contribution < 1.29 is 60.8 Å². The van der Waals surface area contributed by atoms with Gasteiger partial charge in [0.1, 0.15) is 12.9 Å². The maximum absolute atomic E-state index is 12.7. The van der Waals surface area contributed by atoms with E-state index in [1.165, 1.54) is 0 Å². The van der Waals surface area contributed by atoms with E-state index in [1.54, 1.807) is 12.4 Å². The number of amides is 1. The van der Waals surface area contributed by atoms with Gasteiger partial charge >= 0.3 is 51.4 Å². The van der Waals surface area contributed by atoms with Crippen molar-refractivity contribution >= 4 is 29.3 Å². The van der Waals surface area contributed by atoms with Crippen LogP contribution in [0.3, 0.4) is 0 Å². The molecule has 3 rings (SSSR count). The van der Waals surface area contributed by atoms with Crippen LogP contribution in [0.25, 0.3) is 0 Å². The van der Waals surface area contributed by atoms with Crippen LogP contribution in [0.5, 0.6) is 0 Å². The molecule has 0 aliphatic carbocycles. The monoisotopic (exact) mass is 456 g/mol. The quantitative estimate of drug-likeness (QED) is 0.237. The maximum Gasteiger partial charge on any atom is 1.00 e. The van der Waals surface area contributed by atoms with E-state index >= 15 is 0 Å². The summed E-state index contributed by atoms with van der Waals surface area (Å²) in [5.74, 6) is 0.604. The number of hydrogen-bond acceptors (Lipinski definition) is 5. The second-order valence-corrected chi connectivity index (χ2v) is 7.89. The first-order chi connectivity index (χ1) is 14.8. The molecule has 32 heavy (non-hydrogen) atoms. The number of anilines is 2. The fourth-order valence-corrected chi connectivity index (χ4v) is 3.04. The molecular formula is C24H29KN6O. The van der Waals surface area contributed by atoms with Crippen LogP contribution in [0.2, 0.25) is 0 Å². The number of rotatable bonds is 8. The summed E-state index contributed by atoms with van der Waals surface area (Å²) in [4.78, 5) is 21.3. The molecule has 3 N–H and O–H groups in total. The zero-order valence-electron chi connectivity index (χ0n) is 19.6. The number of carbonyl (C=O) groups is 1. The molecule has 0 radical (unpaired) electrons. The van der Waals surface area contributed by atoms with Gasteiger partial charge in [0.25, 0.3) is 5.91 Å². The standard InChI is InChI=1S/C24H29N6O.K/c1-16(2)28-23-17(3)11-20(13-27-23)24(31)29-21-8-6-7-19(12-21)18(4)25-9-10-26-22-14-30(5)15-22;/h6-8,10-16,18,25H,1-5H3,(H,27,28)(H,29,31);/q-1;+1. The maximum atomic E-state index is 12.7. The Labute approximate surface area is 232 Å². The van der Waals surface area contributed by atoms with Gasteiger partial charge in [0.15, 0.2) is 0 Å². The number of benzene rings is 1. The van der Waals surface area contributed by atoms with E-state index in [0.717, 1.165) is 28.3 Å². The molecule has 0 bridgehead atoms. The van der Waals surface area contributed by atoms with E-state index < -0.39 is 0 Å². The van der Waals surface area contributed by atoms with E-state index in [2.05, 4.69) is 46.0 Å². The van der Waals surface area contributed by atoms with E-state index in [0.29, 0.717) is 5.56 Å². The summed E-state index contributed by atoms with van der Waals surface area (Å²) in [7, 11) is 1.95. The molecule has 1 aliphatic heterocycles. The first kappa shape index (κ1) is 26.3. The first-order valence-electron chi connectivity index (χ1n) is 10.3. The van der Waals surface area contributed by atoms with Crippen LogP contribution in [-0.2, 0) is 0 Å². The summed E-state index contributed by atoms with van der Waals surface area (Å²) in [6, 6.07) is 9.86. The van der Waals surface area contributed by atoms with Crippen molar-refractivity contribution in [1.29, 1.82) is 0 Å². The smallest absolute Gasteiger partial charge is 0.560 e. The molecule has 1 aliphatic rings. The summed E-state index contributed by atoms with van der Waals surface area (Å²) in [6.45, 7) is 10.0. The number of nitrogens with zero attached hydrogens (tertiary/aromatic N) is 3. The van der Waals surface area contributed by atoms with Gasteiger partial charge in [-0.2, -0.15) is 0 Å². The Morgan fingerprint density at radius 1 is 1.28 bits per heavy atom. The summed E-state index contributed by atoms with van der Waals surface area (Å²) in [5.41, 5.74) is 4.12. The minimum Gasteiger partial charge on any atom is -0.560 e. The molecule has 0 spiro atoms. The largest absolute Gasteiger partial charge is 1.00 e.